The summed E-state index contributed by atoms with van der Waals surface area (Å²) in [5, 5.41) is 2.80. The number of benzene rings is 2. The quantitative estimate of drug-likeness (QED) is 0.761. The molecule has 2 aromatic carbocycles. The first kappa shape index (κ1) is 18.0. The van der Waals surface area contributed by atoms with E-state index in [2.05, 4.69) is 21.2 Å². The number of nitrogens with one attached hydrogen (secondary N) is 1. The van der Waals surface area contributed by atoms with Crippen molar-refractivity contribution in [3.05, 3.63) is 58.1 Å². The van der Waals surface area contributed by atoms with Gasteiger partial charge in [0.05, 0.1) is 10.5 Å². The highest BCUT2D eigenvalue weighted by Gasteiger charge is 2.15. The van der Waals surface area contributed by atoms with E-state index in [1.165, 1.54) is 12.1 Å². The summed E-state index contributed by atoms with van der Waals surface area (Å²) in [5.41, 5.74) is 1.28. The lowest BCUT2D eigenvalue weighted by Crippen LogP contribution is -2.23. The van der Waals surface area contributed by atoms with Crippen LogP contribution in [0.25, 0.3) is 0 Å². The van der Waals surface area contributed by atoms with Crippen LogP contribution in [0, 0.1) is 0 Å². The SMILES string of the molecule is CSc1ccc(CNC(=O)c2cc(S(C)(=O)=O)ccc2Br)cc1. The number of hydrogen-bond acceptors (Lipinski definition) is 4. The van der Waals surface area contributed by atoms with Gasteiger partial charge in [0.1, 0.15) is 0 Å². The molecule has 0 aliphatic rings. The summed E-state index contributed by atoms with van der Waals surface area (Å²) in [6.45, 7) is 0.378. The summed E-state index contributed by atoms with van der Waals surface area (Å²) in [6.07, 6.45) is 3.12. The smallest absolute Gasteiger partial charge is 0.252 e. The second-order valence-corrected chi connectivity index (χ2v) is 8.69. The third kappa shape index (κ3) is 4.83. The van der Waals surface area contributed by atoms with Crippen LogP contribution < -0.4 is 5.32 Å². The molecule has 0 radical (unpaired) electrons. The standard InChI is InChI=1S/C16H16BrNO3S2/c1-22-12-5-3-11(4-6-12)10-18-16(19)14-9-13(23(2,20)21)7-8-15(14)17/h3-9H,10H2,1-2H3,(H,18,19). The summed E-state index contributed by atoms with van der Waals surface area (Å²) < 4.78 is 23.8. The van der Waals surface area contributed by atoms with Gasteiger partial charge in [0.15, 0.2) is 9.84 Å². The van der Waals surface area contributed by atoms with Gasteiger partial charge >= 0.3 is 0 Å². The van der Waals surface area contributed by atoms with E-state index in [-0.39, 0.29) is 10.8 Å². The Hall–Kier alpha value is -1.31. The van der Waals surface area contributed by atoms with Crippen LogP contribution in [0.4, 0.5) is 0 Å². The molecular formula is C16H16BrNO3S2. The zero-order valence-corrected chi connectivity index (χ0v) is 15.9. The lowest BCUT2D eigenvalue weighted by Gasteiger charge is -2.09. The van der Waals surface area contributed by atoms with Crippen molar-refractivity contribution in [3.63, 3.8) is 0 Å². The Morgan fingerprint density at radius 1 is 1.17 bits per heavy atom. The van der Waals surface area contributed by atoms with E-state index in [1.807, 2.05) is 30.5 Å². The molecule has 0 atom stereocenters. The number of hydrogen-bond donors (Lipinski definition) is 1. The van der Waals surface area contributed by atoms with Crippen molar-refractivity contribution in [2.45, 2.75) is 16.3 Å². The number of sulfone groups is 1. The fraction of sp³-hybridized carbons (Fsp3) is 0.188. The van der Waals surface area contributed by atoms with Crippen LogP contribution in [0.15, 0.2) is 56.7 Å². The Kier molecular flexibility index (Phi) is 5.89. The van der Waals surface area contributed by atoms with E-state index in [9.17, 15) is 13.2 Å². The van der Waals surface area contributed by atoms with Crippen LogP contribution in [0.3, 0.4) is 0 Å². The molecule has 0 heterocycles. The molecule has 0 unspecified atom stereocenters. The second-order valence-electron chi connectivity index (χ2n) is 4.94. The van der Waals surface area contributed by atoms with Crippen molar-refractivity contribution >= 4 is 43.4 Å². The molecule has 0 saturated heterocycles. The number of carbonyl (C=O) groups is 1. The summed E-state index contributed by atoms with van der Waals surface area (Å²) in [6, 6.07) is 12.3. The highest BCUT2D eigenvalue weighted by atomic mass is 79.9. The molecule has 122 valence electrons. The summed E-state index contributed by atoms with van der Waals surface area (Å²) in [5.74, 6) is -0.323. The highest BCUT2D eigenvalue weighted by molar-refractivity contribution is 9.10. The molecule has 2 aromatic rings. The Morgan fingerprint density at radius 3 is 2.39 bits per heavy atom. The topological polar surface area (TPSA) is 63.2 Å². The number of thioether (sulfide) groups is 1. The average Bonchev–Trinajstić information content (AvgIpc) is 2.52. The van der Waals surface area contributed by atoms with Crippen LogP contribution in [-0.2, 0) is 16.4 Å². The van der Waals surface area contributed by atoms with Gasteiger partial charge in [-0.2, -0.15) is 0 Å². The van der Waals surface area contributed by atoms with Crippen LogP contribution in [0.2, 0.25) is 0 Å². The molecule has 0 fully saturated rings. The molecule has 2 rings (SSSR count). The second kappa shape index (κ2) is 7.51. The number of halogens is 1. The lowest BCUT2D eigenvalue weighted by atomic mass is 10.2. The molecule has 0 aliphatic carbocycles. The normalized spacial score (nSPS) is 11.3. The number of rotatable bonds is 5. The van der Waals surface area contributed by atoms with Crippen molar-refractivity contribution in [2.75, 3.05) is 12.5 Å². The first-order valence-electron chi connectivity index (χ1n) is 6.72. The Balaban J connectivity index is 2.14. The fourth-order valence-electron chi connectivity index (χ4n) is 1.93. The summed E-state index contributed by atoms with van der Waals surface area (Å²) >= 11 is 4.94. The molecule has 23 heavy (non-hydrogen) atoms. The van der Waals surface area contributed by atoms with E-state index < -0.39 is 9.84 Å². The predicted octanol–water partition coefficient (Wildman–Crippen LogP) is 3.50. The molecule has 0 aliphatic heterocycles. The van der Waals surface area contributed by atoms with Gasteiger partial charge in [-0.15, -0.1) is 11.8 Å². The molecule has 0 bridgehead atoms. The van der Waals surface area contributed by atoms with Crippen LogP contribution in [0.5, 0.6) is 0 Å². The van der Waals surface area contributed by atoms with Crippen molar-refractivity contribution in [3.8, 4) is 0 Å². The van der Waals surface area contributed by atoms with Gasteiger partial charge in [0, 0.05) is 22.2 Å². The molecule has 4 nitrogen and oxygen atoms in total. The Bertz CT molecular complexity index is 818. The van der Waals surface area contributed by atoms with Crippen molar-refractivity contribution < 1.29 is 13.2 Å². The third-order valence-corrected chi connectivity index (χ3v) is 5.77. The molecule has 0 saturated carbocycles. The van der Waals surface area contributed by atoms with Crippen LogP contribution in [-0.4, -0.2) is 26.8 Å². The van der Waals surface area contributed by atoms with E-state index in [0.29, 0.717) is 16.6 Å². The molecule has 1 amide bonds. The zero-order chi connectivity index (χ0) is 17.0. The molecule has 0 aromatic heterocycles. The molecule has 7 heteroatoms. The van der Waals surface area contributed by atoms with Gasteiger partial charge in [-0.1, -0.05) is 12.1 Å². The monoisotopic (exact) mass is 413 g/mol. The van der Waals surface area contributed by atoms with Gasteiger partial charge in [-0.3, -0.25) is 4.79 Å². The predicted molar refractivity (Wildman–Crippen MR) is 96.6 cm³/mol. The third-order valence-electron chi connectivity index (χ3n) is 3.22. The van der Waals surface area contributed by atoms with Crippen LogP contribution >= 0.6 is 27.7 Å². The maximum absolute atomic E-state index is 12.3. The van der Waals surface area contributed by atoms with Gasteiger partial charge in [-0.05, 0) is 58.1 Å². The van der Waals surface area contributed by atoms with Crippen molar-refractivity contribution in [1.29, 1.82) is 0 Å². The van der Waals surface area contributed by atoms with E-state index in [4.69, 9.17) is 0 Å². The highest BCUT2D eigenvalue weighted by Crippen LogP contribution is 2.21. The minimum absolute atomic E-state index is 0.121. The van der Waals surface area contributed by atoms with Gasteiger partial charge < -0.3 is 5.32 Å². The molecule has 0 spiro atoms. The van der Waals surface area contributed by atoms with Crippen molar-refractivity contribution in [1.82, 2.24) is 5.32 Å². The first-order valence-corrected chi connectivity index (χ1v) is 10.6. The summed E-state index contributed by atoms with van der Waals surface area (Å²) in [4.78, 5) is 13.6. The minimum atomic E-state index is -3.35. The van der Waals surface area contributed by atoms with E-state index in [1.54, 1.807) is 17.8 Å². The number of amides is 1. The van der Waals surface area contributed by atoms with Gasteiger partial charge in [-0.25, -0.2) is 8.42 Å². The molecular weight excluding hydrogens is 398 g/mol. The fourth-order valence-corrected chi connectivity index (χ4v) is 3.41. The maximum atomic E-state index is 12.3. The van der Waals surface area contributed by atoms with Gasteiger partial charge in [0.2, 0.25) is 0 Å². The largest absolute Gasteiger partial charge is 0.348 e. The van der Waals surface area contributed by atoms with Crippen LogP contribution in [0.1, 0.15) is 15.9 Å². The average molecular weight is 414 g/mol. The lowest BCUT2D eigenvalue weighted by molar-refractivity contribution is 0.0950. The van der Waals surface area contributed by atoms with E-state index in [0.717, 1.165) is 16.7 Å². The number of carbonyl (C=O) groups excluding carboxylic acids is 1. The Labute approximate surface area is 148 Å². The minimum Gasteiger partial charge on any atom is -0.348 e. The maximum Gasteiger partial charge on any atom is 0.252 e. The van der Waals surface area contributed by atoms with E-state index >= 15 is 0 Å². The molecule has 1 N–H and O–H groups in total. The zero-order valence-electron chi connectivity index (χ0n) is 12.7. The Morgan fingerprint density at radius 2 is 1.83 bits per heavy atom. The summed E-state index contributed by atoms with van der Waals surface area (Å²) in [7, 11) is -3.35. The first-order chi connectivity index (χ1) is 10.8. The van der Waals surface area contributed by atoms with Crippen molar-refractivity contribution in [2.24, 2.45) is 0 Å². The van der Waals surface area contributed by atoms with Gasteiger partial charge in [0.25, 0.3) is 5.91 Å².